The van der Waals surface area contributed by atoms with Crippen LogP contribution in [0, 0.1) is 6.92 Å². The summed E-state index contributed by atoms with van der Waals surface area (Å²) in [5.74, 6) is 0.969. The van der Waals surface area contributed by atoms with Crippen LogP contribution in [0.5, 0.6) is 0 Å². The zero-order valence-corrected chi connectivity index (χ0v) is 13.8. The lowest BCUT2D eigenvalue weighted by Crippen LogP contribution is -2.30. The Hall–Kier alpha value is -1.96. The molecule has 118 valence electrons. The standard InChI is InChI=1S/C14H20N6OS/c1-4-7-20-13(16-9-17-20)11(3)19-12(21)8-22-14-15-6-5-10(2)18-14/h5-6,9,11H,4,7-8H2,1-3H3,(H,19,21). The van der Waals surface area contributed by atoms with E-state index in [-0.39, 0.29) is 17.7 Å². The van der Waals surface area contributed by atoms with Crippen LogP contribution in [-0.4, -0.2) is 36.4 Å². The molecule has 0 aliphatic carbocycles. The topological polar surface area (TPSA) is 85.6 Å². The number of carbonyl (C=O) groups excluding carboxylic acids is 1. The van der Waals surface area contributed by atoms with Crippen LogP contribution < -0.4 is 5.32 Å². The molecule has 1 atom stereocenters. The molecule has 0 spiro atoms. The molecule has 1 amide bonds. The van der Waals surface area contributed by atoms with Gasteiger partial charge in [-0.3, -0.25) is 4.79 Å². The normalized spacial score (nSPS) is 12.1. The molecule has 2 aromatic rings. The largest absolute Gasteiger partial charge is 0.346 e. The first-order chi connectivity index (χ1) is 10.6. The minimum absolute atomic E-state index is 0.0753. The lowest BCUT2D eigenvalue weighted by atomic mass is 10.3. The number of thioether (sulfide) groups is 1. The van der Waals surface area contributed by atoms with Crippen molar-refractivity contribution in [3.05, 3.63) is 30.1 Å². The summed E-state index contributed by atoms with van der Waals surface area (Å²) in [7, 11) is 0. The van der Waals surface area contributed by atoms with Crippen LogP contribution in [-0.2, 0) is 11.3 Å². The van der Waals surface area contributed by atoms with Crippen molar-refractivity contribution in [3.8, 4) is 0 Å². The SMILES string of the molecule is CCCn1ncnc1C(C)NC(=O)CSc1nccc(C)n1. The second-order valence-corrected chi connectivity index (χ2v) is 5.84. The van der Waals surface area contributed by atoms with Crippen LogP contribution >= 0.6 is 11.8 Å². The van der Waals surface area contributed by atoms with E-state index in [1.165, 1.54) is 18.1 Å². The number of nitrogens with one attached hydrogen (secondary N) is 1. The van der Waals surface area contributed by atoms with Crippen LogP contribution in [0.2, 0.25) is 0 Å². The number of hydrogen-bond donors (Lipinski definition) is 1. The molecule has 0 saturated heterocycles. The lowest BCUT2D eigenvalue weighted by molar-refractivity contribution is -0.119. The summed E-state index contributed by atoms with van der Waals surface area (Å²) in [5.41, 5.74) is 0.888. The summed E-state index contributed by atoms with van der Waals surface area (Å²) in [5, 5.41) is 7.70. The molecule has 1 N–H and O–H groups in total. The van der Waals surface area contributed by atoms with E-state index < -0.39 is 0 Å². The molecule has 7 nitrogen and oxygen atoms in total. The van der Waals surface area contributed by atoms with Gasteiger partial charge in [-0.15, -0.1) is 0 Å². The second-order valence-electron chi connectivity index (χ2n) is 4.90. The summed E-state index contributed by atoms with van der Waals surface area (Å²) in [6.45, 7) is 6.67. The molecule has 2 rings (SSSR count). The summed E-state index contributed by atoms with van der Waals surface area (Å²) in [4.78, 5) is 24.6. The number of rotatable bonds is 7. The predicted octanol–water partition coefficient (Wildman–Crippen LogP) is 1.76. The quantitative estimate of drug-likeness (QED) is 0.618. The van der Waals surface area contributed by atoms with Crippen molar-refractivity contribution in [1.82, 2.24) is 30.0 Å². The molecule has 8 heteroatoms. The highest BCUT2D eigenvalue weighted by Gasteiger charge is 2.15. The number of hydrogen-bond acceptors (Lipinski definition) is 6. The van der Waals surface area contributed by atoms with Gasteiger partial charge in [-0.2, -0.15) is 5.10 Å². The summed E-state index contributed by atoms with van der Waals surface area (Å²) in [6.07, 6.45) is 4.18. The highest BCUT2D eigenvalue weighted by Crippen LogP contribution is 2.13. The van der Waals surface area contributed by atoms with Gasteiger partial charge in [0.2, 0.25) is 5.91 Å². The Morgan fingerprint density at radius 2 is 2.27 bits per heavy atom. The Kier molecular flexibility index (Phi) is 5.88. The Morgan fingerprint density at radius 3 is 3.00 bits per heavy atom. The molecule has 2 aromatic heterocycles. The first-order valence-electron chi connectivity index (χ1n) is 7.19. The number of aryl methyl sites for hydroxylation is 2. The first-order valence-corrected chi connectivity index (χ1v) is 8.18. The van der Waals surface area contributed by atoms with E-state index >= 15 is 0 Å². The molecule has 0 bridgehead atoms. The summed E-state index contributed by atoms with van der Waals surface area (Å²) in [6, 6.07) is 1.65. The van der Waals surface area contributed by atoms with Gasteiger partial charge in [0.25, 0.3) is 0 Å². The van der Waals surface area contributed by atoms with E-state index in [0.717, 1.165) is 24.5 Å². The molecule has 0 radical (unpaired) electrons. The number of carbonyl (C=O) groups is 1. The van der Waals surface area contributed by atoms with Crippen molar-refractivity contribution in [2.75, 3.05) is 5.75 Å². The van der Waals surface area contributed by atoms with Crippen LogP contribution in [0.25, 0.3) is 0 Å². The highest BCUT2D eigenvalue weighted by atomic mass is 32.2. The fraction of sp³-hybridized carbons (Fsp3) is 0.500. The van der Waals surface area contributed by atoms with Crippen molar-refractivity contribution < 1.29 is 4.79 Å². The summed E-state index contributed by atoms with van der Waals surface area (Å²) < 4.78 is 1.82. The van der Waals surface area contributed by atoms with Gasteiger partial charge in [0, 0.05) is 18.4 Å². The maximum Gasteiger partial charge on any atom is 0.231 e. The zero-order valence-electron chi connectivity index (χ0n) is 13.0. The molecular weight excluding hydrogens is 300 g/mol. The van der Waals surface area contributed by atoms with Gasteiger partial charge in [0.1, 0.15) is 12.2 Å². The maximum absolute atomic E-state index is 12.0. The number of aromatic nitrogens is 5. The van der Waals surface area contributed by atoms with E-state index in [9.17, 15) is 4.79 Å². The van der Waals surface area contributed by atoms with Gasteiger partial charge in [0.05, 0.1) is 11.8 Å². The van der Waals surface area contributed by atoms with E-state index in [2.05, 4.69) is 32.3 Å². The van der Waals surface area contributed by atoms with Gasteiger partial charge in [-0.1, -0.05) is 18.7 Å². The molecule has 0 aromatic carbocycles. The Morgan fingerprint density at radius 1 is 1.45 bits per heavy atom. The molecule has 2 heterocycles. The molecule has 0 aliphatic heterocycles. The van der Waals surface area contributed by atoms with Crippen molar-refractivity contribution in [1.29, 1.82) is 0 Å². The van der Waals surface area contributed by atoms with Crippen LogP contribution in [0.3, 0.4) is 0 Å². The Balaban J connectivity index is 1.87. The number of nitrogens with zero attached hydrogens (tertiary/aromatic N) is 5. The van der Waals surface area contributed by atoms with Gasteiger partial charge in [0.15, 0.2) is 5.16 Å². The lowest BCUT2D eigenvalue weighted by Gasteiger charge is -2.14. The Labute approximate surface area is 134 Å². The monoisotopic (exact) mass is 320 g/mol. The molecule has 0 aliphatic rings. The van der Waals surface area contributed by atoms with Gasteiger partial charge in [-0.25, -0.2) is 19.6 Å². The molecule has 1 unspecified atom stereocenters. The van der Waals surface area contributed by atoms with Gasteiger partial charge < -0.3 is 5.32 Å². The fourth-order valence-corrected chi connectivity index (χ4v) is 2.65. The summed E-state index contributed by atoms with van der Waals surface area (Å²) >= 11 is 1.32. The fourth-order valence-electron chi connectivity index (χ4n) is 1.97. The van der Waals surface area contributed by atoms with Crippen molar-refractivity contribution >= 4 is 17.7 Å². The Bertz CT molecular complexity index is 629. The highest BCUT2D eigenvalue weighted by molar-refractivity contribution is 7.99. The average Bonchev–Trinajstić information content (AvgIpc) is 2.94. The molecule has 22 heavy (non-hydrogen) atoms. The van der Waals surface area contributed by atoms with E-state index in [4.69, 9.17) is 0 Å². The average molecular weight is 320 g/mol. The third-order valence-electron chi connectivity index (χ3n) is 2.95. The molecule has 0 fully saturated rings. The van der Waals surface area contributed by atoms with Gasteiger partial charge >= 0.3 is 0 Å². The van der Waals surface area contributed by atoms with E-state index in [1.807, 2.05) is 24.6 Å². The van der Waals surface area contributed by atoms with Gasteiger partial charge in [-0.05, 0) is 26.3 Å². The van der Waals surface area contributed by atoms with Crippen LogP contribution in [0.4, 0.5) is 0 Å². The minimum Gasteiger partial charge on any atom is -0.346 e. The smallest absolute Gasteiger partial charge is 0.231 e. The number of amides is 1. The van der Waals surface area contributed by atoms with Crippen molar-refractivity contribution in [2.45, 2.75) is 44.9 Å². The van der Waals surface area contributed by atoms with Crippen LogP contribution in [0.15, 0.2) is 23.7 Å². The van der Waals surface area contributed by atoms with E-state index in [0.29, 0.717) is 5.16 Å². The first kappa shape index (κ1) is 16.4. The molecule has 0 saturated carbocycles. The third kappa shape index (κ3) is 4.52. The zero-order chi connectivity index (χ0) is 15.9. The molecular formula is C14H20N6OS. The third-order valence-corrected chi connectivity index (χ3v) is 3.81. The van der Waals surface area contributed by atoms with E-state index in [1.54, 1.807) is 6.20 Å². The maximum atomic E-state index is 12.0. The predicted molar refractivity (Wildman–Crippen MR) is 84.4 cm³/mol. The van der Waals surface area contributed by atoms with Crippen LogP contribution in [0.1, 0.15) is 37.8 Å². The minimum atomic E-state index is -0.180. The van der Waals surface area contributed by atoms with Crippen molar-refractivity contribution in [3.63, 3.8) is 0 Å². The second kappa shape index (κ2) is 7.88. The van der Waals surface area contributed by atoms with Crippen molar-refractivity contribution in [2.24, 2.45) is 0 Å².